The second-order valence-electron chi connectivity index (χ2n) is 11.0. The highest BCUT2D eigenvalue weighted by molar-refractivity contribution is 7.89. The van der Waals surface area contributed by atoms with E-state index < -0.39 is 32.8 Å². The number of rotatable bonds is 6. The number of alkyl halides is 3. The Morgan fingerprint density at radius 3 is 2.34 bits per heavy atom. The predicted molar refractivity (Wildman–Crippen MR) is 120 cm³/mol. The molecule has 1 saturated heterocycles. The van der Waals surface area contributed by atoms with Crippen LogP contribution in [0.25, 0.3) is 0 Å². The second kappa shape index (κ2) is 8.46. The number of nitrogens with one attached hydrogen (secondary N) is 2. The fourth-order valence-electron chi connectivity index (χ4n) is 7.38. The maximum atomic E-state index is 13.2. The lowest BCUT2D eigenvalue weighted by Gasteiger charge is -2.62. The summed E-state index contributed by atoms with van der Waals surface area (Å²) in [5.74, 6) is 0.394. The molecular weight excluding hydrogens is 481 g/mol. The molecule has 5 aliphatic rings. The lowest BCUT2D eigenvalue weighted by atomic mass is 9.50. The molecule has 4 bridgehead atoms. The fraction of sp³-hybridized carbons (Fsp3) is 0.667. The summed E-state index contributed by atoms with van der Waals surface area (Å²) in [6.07, 6.45) is 1.45. The molecule has 1 heterocycles. The van der Waals surface area contributed by atoms with Crippen molar-refractivity contribution in [1.29, 1.82) is 5.26 Å². The molecule has 3 atom stereocenters. The van der Waals surface area contributed by atoms with E-state index in [0.29, 0.717) is 25.8 Å². The highest BCUT2D eigenvalue weighted by Crippen LogP contribution is 2.57. The number of amides is 1. The summed E-state index contributed by atoms with van der Waals surface area (Å²) in [4.78, 5) is 14.7. The van der Waals surface area contributed by atoms with Gasteiger partial charge in [0.1, 0.15) is 0 Å². The zero-order valence-corrected chi connectivity index (χ0v) is 20.1. The lowest BCUT2D eigenvalue weighted by molar-refractivity contribution is -0.137. The third kappa shape index (κ3) is 4.80. The van der Waals surface area contributed by atoms with Crippen LogP contribution in [0.1, 0.15) is 56.9 Å². The number of carbonyl (C=O) groups is 1. The van der Waals surface area contributed by atoms with Crippen LogP contribution >= 0.6 is 0 Å². The van der Waals surface area contributed by atoms with Crippen LogP contribution in [0.4, 0.5) is 13.2 Å². The number of hydrogen-bond acceptors (Lipinski definition) is 5. The van der Waals surface area contributed by atoms with Crippen molar-refractivity contribution in [3.05, 3.63) is 29.8 Å². The minimum absolute atomic E-state index is 0.144. The van der Waals surface area contributed by atoms with E-state index in [9.17, 15) is 31.6 Å². The quantitative estimate of drug-likeness (QED) is 0.612. The van der Waals surface area contributed by atoms with Crippen molar-refractivity contribution in [1.82, 2.24) is 14.9 Å². The molecular formula is C24H29F3N4O3S. The number of nitriles is 1. The number of halogens is 3. The Kier molecular flexibility index (Phi) is 5.93. The highest BCUT2D eigenvalue weighted by Gasteiger charge is 2.59. The summed E-state index contributed by atoms with van der Waals surface area (Å²) < 4.78 is 67.9. The van der Waals surface area contributed by atoms with E-state index >= 15 is 0 Å². The zero-order valence-electron chi connectivity index (χ0n) is 19.3. The van der Waals surface area contributed by atoms with Gasteiger partial charge < -0.3 is 5.32 Å². The van der Waals surface area contributed by atoms with E-state index in [-0.39, 0.29) is 35.2 Å². The van der Waals surface area contributed by atoms with Crippen LogP contribution in [0.5, 0.6) is 0 Å². The van der Waals surface area contributed by atoms with E-state index in [2.05, 4.69) is 16.1 Å². The molecule has 4 aliphatic carbocycles. The van der Waals surface area contributed by atoms with Gasteiger partial charge in [-0.15, -0.1) is 0 Å². The van der Waals surface area contributed by atoms with Crippen molar-refractivity contribution < 1.29 is 26.4 Å². The van der Waals surface area contributed by atoms with Gasteiger partial charge in [-0.1, -0.05) is 0 Å². The zero-order chi connectivity index (χ0) is 25.1. The molecule has 190 valence electrons. The molecule has 7 nitrogen and oxygen atoms in total. The highest BCUT2D eigenvalue weighted by atomic mass is 32.2. The molecule has 0 radical (unpaired) electrons. The molecule has 4 saturated carbocycles. The monoisotopic (exact) mass is 510 g/mol. The van der Waals surface area contributed by atoms with Crippen molar-refractivity contribution in [2.24, 2.45) is 11.8 Å². The first kappa shape index (κ1) is 24.5. The standard InChI is InChI=1S/C24H29F3N4O3S/c25-24(26,27)18-3-5-20(6-4-18)35(33,34)30-23-11-16-8-17(12-23)10-22(9-16,15-23)29-21(32)14-31-7-1-2-19(31)13-28/h3-6,16-17,19,30H,1-2,7-12,14-15H2,(H,29,32)/t16?,17?,19-,22?,23?/m0/s1. The molecule has 2 unspecified atom stereocenters. The van der Waals surface area contributed by atoms with Crippen molar-refractivity contribution in [2.75, 3.05) is 13.1 Å². The third-order valence-electron chi connectivity index (χ3n) is 8.17. The Labute approximate surface area is 203 Å². The summed E-state index contributed by atoms with van der Waals surface area (Å²) in [6, 6.07) is 5.54. The van der Waals surface area contributed by atoms with Crippen molar-refractivity contribution in [3.8, 4) is 6.07 Å². The van der Waals surface area contributed by atoms with Crippen LogP contribution in [0.15, 0.2) is 29.2 Å². The Balaban J connectivity index is 1.32. The normalized spacial score (nSPS) is 34.6. The summed E-state index contributed by atoms with van der Waals surface area (Å²) in [5, 5.41) is 12.5. The number of benzene rings is 1. The summed E-state index contributed by atoms with van der Waals surface area (Å²) in [5.41, 5.74) is -2.14. The fourth-order valence-corrected chi connectivity index (χ4v) is 8.80. The molecule has 1 aliphatic heterocycles. The molecule has 0 spiro atoms. The van der Waals surface area contributed by atoms with E-state index in [4.69, 9.17) is 0 Å². The van der Waals surface area contributed by atoms with Gasteiger partial charge in [0.25, 0.3) is 0 Å². The largest absolute Gasteiger partial charge is 0.416 e. The number of nitrogens with zero attached hydrogens (tertiary/aromatic N) is 2. The minimum Gasteiger partial charge on any atom is -0.349 e. The van der Waals surface area contributed by atoms with Crippen molar-refractivity contribution in [2.45, 2.75) is 79.6 Å². The van der Waals surface area contributed by atoms with Gasteiger partial charge in [-0.25, -0.2) is 13.1 Å². The molecule has 35 heavy (non-hydrogen) atoms. The first-order valence-electron chi connectivity index (χ1n) is 12.1. The maximum Gasteiger partial charge on any atom is 0.416 e. The average Bonchev–Trinajstić information content (AvgIpc) is 3.18. The van der Waals surface area contributed by atoms with E-state index in [0.717, 1.165) is 56.4 Å². The molecule has 6 rings (SSSR count). The van der Waals surface area contributed by atoms with Gasteiger partial charge in [0.05, 0.1) is 29.1 Å². The number of hydrogen-bond donors (Lipinski definition) is 2. The molecule has 0 aromatic heterocycles. The molecule has 11 heteroatoms. The molecule has 1 aromatic rings. The van der Waals surface area contributed by atoms with Crippen LogP contribution < -0.4 is 10.0 Å². The molecule has 5 fully saturated rings. The van der Waals surface area contributed by atoms with Crippen LogP contribution in [0.2, 0.25) is 0 Å². The summed E-state index contributed by atoms with van der Waals surface area (Å²) >= 11 is 0. The summed E-state index contributed by atoms with van der Waals surface area (Å²) in [7, 11) is -4.04. The van der Waals surface area contributed by atoms with Crippen molar-refractivity contribution >= 4 is 15.9 Å². The molecule has 1 aromatic carbocycles. The predicted octanol–water partition coefficient (Wildman–Crippen LogP) is 3.18. The molecule has 2 N–H and O–H groups in total. The Morgan fingerprint density at radius 1 is 1.11 bits per heavy atom. The first-order chi connectivity index (χ1) is 16.4. The topological polar surface area (TPSA) is 102 Å². The summed E-state index contributed by atoms with van der Waals surface area (Å²) in [6.45, 7) is 0.861. The van der Waals surface area contributed by atoms with E-state index in [1.165, 1.54) is 0 Å². The minimum atomic E-state index is -4.54. The van der Waals surface area contributed by atoms with Crippen LogP contribution in [-0.4, -0.2) is 49.4 Å². The lowest BCUT2D eigenvalue weighted by Crippen LogP contribution is -2.70. The number of likely N-dealkylation sites (tertiary alicyclic amines) is 1. The Bertz CT molecular complexity index is 1130. The van der Waals surface area contributed by atoms with E-state index in [1.807, 2.05) is 4.90 Å². The SMILES string of the molecule is N#C[C@@H]1CCCN1CC(=O)NC12CC3CC(C1)CC(NS(=O)(=O)c1ccc(C(F)(F)F)cc1)(C3)C2. The molecule has 1 amide bonds. The van der Waals surface area contributed by atoms with Gasteiger partial charge in [-0.05, 0) is 87.5 Å². The van der Waals surface area contributed by atoms with Crippen LogP contribution in [0, 0.1) is 23.2 Å². The van der Waals surface area contributed by atoms with Gasteiger partial charge in [0.2, 0.25) is 15.9 Å². The van der Waals surface area contributed by atoms with Crippen molar-refractivity contribution in [3.63, 3.8) is 0 Å². The maximum absolute atomic E-state index is 13.2. The smallest absolute Gasteiger partial charge is 0.349 e. The van der Waals surface area contributed by atoms with Gasteiger partial charge in [-0.3, -0.25) is 9.69 Å². The third-order valence-corrected chi connectivity index (χ3v) is 9.76. The van der Waals surface area contributed by atoms with E-state index in [1.54, 1.807) is 0 Å². The average molecular weight is 511 g/mol. The Hall–Kier alpha value is -2.16. The van der Waals surface area contributed by atoms with Gasteiger partial charge in [0, 0.05) is 17.6 Å². The number of sulfonamides is 1. The second-order valence-corrected chi connectivity index (χ2v) is 12.6. The van der Waals surface area contributed by atoms with Gasteiger partial charge in [0.15, 0.2) is 0 Å². The number of carbonyl (C=O) groups excluding carboxylic acids is 1. The van der Waals surface area contributed by atoms with Crippen LogP contribution in [0.3, 0.4) is 0 Å². The first-order valence-corrected chi connectivity index (χ1v) is 13.6. The Morgan fingerprint density at radius 2 is 1.74 bits per heavy atom. The van der Waals surface area contributed by atoms with Gasteiger partial charge >= 0.3 is 6.18 Å². The van der Waals surface area contributed by atoms with Crippen LogP contribution in [-0.2, 0) is 21.0 Å². The van der Waals surface area contributed by atoms with Gasteiger partial charge in [-0.2, -0.15) is 18.4 Å².